The van der Waals surface area contributed by atoms with Crippen LogP contribution in [-0.4, -0.2) is 47.0 Å². The Hall–Kier alpha value is -3.00. The van der Waals surface area contributed by atoms with Gasteiger partial charge in [-0.15, -0.1) is 0 Å². The number of non-ortho nitro benzene ring substituents is 1. The SMILES string of the molecule is O=C(COc1cccc([N+](=O)[O-])c1)N1CCNCC1c1cccnc1. The Morgan fingerprint density at radius 1 is 1.40 bits per heavy atom. The van der Waals surface area contributed by atoms with Crippen molar-refractivity contribution in [1.29, 1.82) is 0 Å². The van der Waals surface area contributed by atoms with Gasteiger partial charge in [0.15, 0.2) is 6.61 Å². The molecule has 1 aliphatic heterocycles. The zero-order chi connectivity index (χ0) is 17.6. The molecule has 0 saturated carbocycles. The quantitative estimate of drug-likeness (QED) is 0.654. The average Bonchev–Trinajstić information content (AvgIpc) is 2.67. The number of nitrogens with zero attached hydrogens (tertiary/aromatic N) is 3. The highest BCUT2D eigenvalue weighted by atomic mass is 16.6. The van der Waals surface area contributed by atoms with E-state index in [1.54, 1.807) is 23.4 Å². The van der Waals surface area contributed by atoms with E-state index in [1.165, 1.54) is 18.2 Å². The Kier molecular flexibility index (Phi) is 5.20. The van der Waals surface area contributed by atoms with Gasteiger partial charge in [0.25, 0.3) is 11.6 Å². The van der Waals surface area contributed by atoms with Gasteiger partial charge in [0.05, 0.1) is 17.0 Å². The summed E-state index contributed by atoms with van der Waals surface area (Å²) in [7, 11) is 0. The standard InChI is InChI=1S/C17H18N4O4/c22-17(12-25-15-5-1-4-14(9-15)21(23)24)20-8-7-19-11-16(20)13-3-2-6-18-10-13/h1-6,9-10,16,19H,7-8,11-12H2. The van der Waals surface area contributed by atoms with Crippen LogP contribution < -0.4 is 10.1 Å². The normalized spacial score (nSPS) is 17.1. The van der Waals surface area contributed by atoms with Crippen LogP contribution in [0.1, 0.15) is 11.6 Å². The summed E-state index contributed by atoms with van der Waals surface area (Å²) < 4.78 is 5.46. The molecule has 1 aromatic heterocycles. The van der Waals surface area contributed by atoms with Gasteiger partial charge in [-0.1, -0.05) is 12.1 Å². The lowest BCUT2D eigenvalue weighted by molar-refractivity contribution is -0.384. The molecule has 1 aromatic carbocycles. The van der Waals surface area contributed by atoms with E-state index in [0.717, 1.165) is 5.56 Å². The molecule has 3 rings (SSSR count). The number of carbonyl (C=O) groups is 1. The third-order valence-electron chi connectivity index (χ3n) is 4.02. The van der Waals surface area contributed by atoms with E-state index in [2.05, 4.69) is 10.3 Å². The van der Waals surface area contributed by atoms with Crippen molar-refractivity contribution < 1.29 is 14.5 Å². The molecule has 1 N–H and O–H groups in total. The predicted octanol–water partition coefficient (Wildman–Crippen LogP) is 1.54. The summed E-state index contributed by atoms with van der Waals surface area (Å²) in [5.74, 6) is 0.137. The molecule has 1 saturated heterocycles. The number of rotatable bonds is 5. The van der Waals surface area contributed by atoms with Crippen LogP contribution in [0.4, 0.5) is 5.69 Å². The second-order valence-electron chi connectivity index (χ2n) is 5.64. The van der Waals surface area contributed by atoms with Crippen LogP contribution in [0.5, 0.6) is 5.75 Å². The number of aromatic nitrogens is 1. The Bertz CT molecular complexity index is 753. The average molecular weight is 342 g/mol. The Morgan fingerprint density at radius 2 is 2.28 bits per heavy atom. The molecule has 8 nitrogen and oxygen atoms in total. The topological polar surface area (TPSA) is 97.6 Å². The molecule has 0 bridgehead atoms. The van der Waals surface area contributed by atoms with E-state index in [4.69, 9.17) is 4.74 Å². The second kappa shape index (κ2) is 7.71. The molecule has 8 heteroatoms. The number of carbonyl (C=O) groups excluding carboxylic acids is 1. The lowest BCUT2D eigenvalue weighted by atomic mass is 10.1. The van der Waals surface area contributed by atoms with Crippen LogP contribution in [0, 0.1) is 10.1 Å². The van der Waals surface area contributed by atoms with Gasteiger partial charge in [0.1, 0.15) is 5.75 Å². The molecule has 1 unspecified atom stereocenters. The Morgan fingerprint density at radius 3 is 3.04 bits per heavy atom. The number of hydrogen-bond acceptors (Lipinski definition) is 6. The molecule has 0 radical (unpaired) electrons. The van der Waals surface area contributed by atoms with Crippen LogP contribution in [0.2, 0.25) is 0 Å². The molecule has 0 aliphatic carbocycles. The minimum absolute atomic E-state index is 0.0691. The number of nitro groups is 1. The predicted molar refractivity (Wildman–Crippen MR) is 90.2 cm³/mol. The number of ether oxygens (including phenoxy) is 1. The molecule has 1 atom stereocenters. The van der Waals surface area contributed by atoms with E-state index in [-0.39, 0.29) is 24.2 Å². The number of benzene rings is 1. The van der Waals surface area contributed by atoms with Crippen molar-refractivity contribution in [1.82, 2.24) is 15.2 Å². The van der Waals surface area contributed by atoms with Crippen LogP contribution in [-0.2, 0) is 4.79 Å². The molecular formula is C17H18N4O4. The van der Waals surface area contributed by atoms with Crippen LogP contribution in [0.25, 0.3) is 0 Å². The monoisotopic (exact) mass is 342 g/mol. The van der Waals surface area contributed by atoms with Gasteiger partial charge in [0, 0.05) is 38.1 Å². The lowest BCUT2D eigenvalue weighted by Crippen LogP contribution is -2.50. The summed E-state index contributed by atoms with van der Waals surface area (Å²) in [4.78, 5) is 28.8. The summed E-state index contributed by atoms with van der Waals surface area (Å²) in [5, 5.41) is 14.1. The summed E-state index contributed by atoms with van der Waals surface area (Å²) in [6, 6.07) is 9.48. The number of piperazine rings is 1. The van der Waals surface area contributed by atoms with Gasteiger partial charge >= 0.3 is 0 Å². The van der Waals surface area contributed by atoms with Gasteiger partial charge in [-0.3, -0.25) is 19.9 Å². The highest BCUT2D eigenvalue weighted by Gasteiger charge is 2.28. The smallest absolute Gasteiger partial charge is 0.273 e. The zero-order valence-electron chi connectivity index (χ0n) is 13.5. The molecular weight excluding hydrogens is 324 g/mol. The second-order valence-corrected chi connectivity index (χ2v) is 5.64. The first-order valence-electron chi connectivity index (χ1n) is 7.92. The fraction of sp³-hybridized carbons (Fsp3) is 0.294. The maximum absolute atomic E-state index is 12.6. The van der Waals surface area contributed by atoms with E-state index in [0.29, 0.717) is 25.4 Å². The molecule has 2 heterocycles. The number of amides is 1. The first kappa shape index (κ1) is 16.8. The highest BCUT2D eigenvalue weighted by Crippen LogP contribution is 2.23. The summed E-state index contributed by atoms with van der Waals surface area (Å²) in [6.07, 6.45) is 3.44. The molecule has 1 amide bonds. The van der Waals surface area contributed by atoms with Crippen LogP contribution in [0.3, 0.4) is 0 Å². The summed E-state index contributed by atoms with van der Waals surface area (Å²) in [5.41, 5.74) is 0.888. The molecule has 1 fully saturated rings. The van der Waals surface area contributed by atoms with E-state index in [1.807, 2.05) is 12.1 Å². The van der Waals surface area contributed by atoms with Crippen molar-refractivity contribution in [3.8, 4) is 5.75 Å². The number of hydrogen-bond donors (Lipinski definition) is 1. The van der Waals surface area contributed by atoms with E-state index in [9.17, 15) is 14.9 Å². The van der Waals surface area contributed by atoms with Crippen LogP contribution in [0.15, 0.2) is 48.8 Å². The van der Waals surface area contributed by atoms with Crippen molar-refractivity contribution in [2.24, 2.45) is 0 Å². The van der Waals surface area contributed by atoms with E-state index >= 15 is 0 Å². The highest BCUT2D eigenvalue weighted by molar-refractivity contribution is 5.78. The molecule has 25 heavy (non-hydrogen) atoms. The lowest BCUT2D eigenvalue weighted by Gasteiger charge is -2.36. The van der Waals surface area contributed by atoms with Crippen molar-refractivity contribution in [3.05, 3.63) is 64.5 Å². The van der Waals surface area contributed by atoms with Gasteiger partial charge < -0.3 is 15.0 Å². The molecule has 2 aromatic rings. The van der Waals surface area contributed by atoms with Gasteiger partial charge in [-0.05, 0) is 17.7 Å². The van der Waals surface area contributed by atoms with Crippen molar-refractivity contribution >= 4 is 11.6 Å². The maximum Gasteiger partial charge on any atom is 0.273 e. The maximum atomic E-state index is 12.6. The summed E-state index contributed by atoms with van der Waals surface area (Å²) in [6.45, 7) is 1.75. The van der Waals surface area contributed by atoms with Crippen molar-refractivity contribution in [2.75, 3.05) is 26.2 Å². The van der Waals surface area contributed by atoms with Gasteiger partial charge in [-0.25, -0.2) is 0 Å². The summed E-state index contributed by atoms with van der Waals surface area (Å²) >= 11 is 0. The first-order valence-corrected chi connectivity index (χ1v) is 7.92. The largest absolute Gasteiger partial charge is 0.484 e. The van der Waals surface area contributed by atoms with Crippen molar-refractivity contribution in [3.63, 3.8) is 0 Å². The van der Waals surface area contributed by atoms with Crippen molar-refractivity contribution in [2.45, 2.75) is 6.04 Å². The fourth-order valence-corrected chi connectivity index (χ4v) is 2.79. The minimum Gasteiger partial charge on any atom is -0.484 e. The van der Waals surface area contributed by atoms with Gasteiger partial charge in [0.2, 0.25) is 0 Å². The first-order chi connectivity index (χ1) is 12.1. The molecule has 0 spiro atoms. The van der Waals surface area contributed by atoms with E-state index < -0.39 is 4.92 Å². The zero-order valence-corrected chi connectivity index (χ0v) is 13.5. The third kappa shape index (κ3) is 4.10. The fourth-order valence-electron chi connectivity index (χ4n) is 2.79. The Labute approximate surface area is 144 Å². The molecule has 1 aliphatic rings. The minimum atomic E-state index is -0.497. The number of nitrogens with one attached hydrogen (secondary N) is 1. The third-order valence-corrected chi connectivity index (χ3v) is 4.02. The molecule has 130 valence electrons. The van der Waals surface area contributed by atoms with Crippen LogP contribution >= 0.6 is 0 Å². The number of nitro benzene ring substituents is 1. The number of pyridine rings is 1. The van der Waals surface area contributed by atoms with Gasteiger partial charge in [-0.2, -0.15) is 0 Å². The Balaban J connectivity index is 1.67.